The first-order valence-electron chi connectivity index (χ1n) is 4.05. The van der Waals surface area contributed by atoms with Crippen molar-refractivity contribution in [3.05, 3.63) is 27.7 Å². The highest BCUT2D eigenvalue weighted by atomic mass is 79.9. The Balaban J connectivity index is 3.57. The van der Waals surface area contributed by atoms with Crippen LogP contribution in [-0.4, -0.2) is 19.5 Å². The van der Waals surface area contributed by atoms with Crippen LogP contribution in [0.15, 0.2) is 21.5 Å². The fourth-order valence-corrected chi connectivity index (χ4v) is 2.63. The van der Waals surface area contributed by atoms with Gasteiger partial charge in [0.15, 0.2) is 0 Å². The molecule has 0 spiro atoms. The summed E-state index contributed by atoms with van der Waals surface area (Å²) >= 11 is 3.09. The van der Waals surface area contributed by atoms with E-state index < -0.39 is 16.0 Å². The molecule has 0 bridgehead atoms. The Labute approximate surface area is 101 Å². The van der Waals surface area contributed by atoms with Gasteiger partial charge in [-0.1, -0.05) is 15.9 Å². The van der Waals surface area contributed by atoms with E-state index in [1.54, 1.807) is 11.8 Å². The molecule has 0 amide bonds. The summed E-state index contributed by atoms with van der Waals surface area (Å²) < 4.78 is 23.4. The van der Waals surface area contributed by atoms with Gasteiger partial charge in [0.2, 0.25) is 0 Å². The number of sulfonamides is 1. The summed E-state index contributed by atoms with van der Waals surface area (Å²) in [7, 11) is -3.87. The largest absolute Gasteiger partial charge is 0.478 e. The predicted molar refractivity (Wildman–Crippen MR) is 60.3 cm³/mol. The summed E-state index contributed by atoms with van der Waals surface area (Å²) in [6, 6.07) is 2.38. The summed E-state index contributed by atoms with van der Waals surface area (Å²) in [5.74, 6) is 3.67. The van der Waals surface area contributed by atoms with Crippen molar-refractivity contribution in [1.82, 2.24) is 4.83 Å². The molecule has 0 aliphatic rings. The molecule has 0 aromatic heterocycles. The fourth-order valence-electron chi connectivity index (χ4n) is 1.12. The van der Waals surface area contributed by atoms with Gasteiger partial charge in [-0.05, 0) is 24.6 Å². The van der Waals surface area contributed by atoms with E-state index in [1.807, 2.05) is 0 Å². The number of nitrogens with one attached hydrogen (secondary N) is 1. The third kappa shape index (κ3) is 2.40. The molecule has 16 heavy (non-hydrogen) atoms. The van der Waals surface area contributed by atoms with Crippen LogP contribution in [0.4, 0.5) is 0 Å². The number of hydrogen-bond donors (Lipinski definition) is 3. The van der Waals surface area contributed by atoms with E-state index in [4.69, 9.17) is 10.9 Å². The molecule has 0 fully saturated rings. The molecule has 0 aliphatic heterocycles. The number of carboxylic acids is 1. The first kappa shape index (κ1) is 13.1. The van der Waals surface area contributed by atoms with Crippen LogP contribution in [0.3, 0.4) is 0 Å². The van der Waals surface area contributed by atoms with Crippen LogP contribution in [-0.2, 0) is 10.0 Å². The molecule has 8 heteroatoms. The number of aromatic carboxylic acids is 1. The van der Waals surface area contributed by atoms with E-state index in [1.165, 1.54) is 6.07 Å². The number of hydrogen-bond acceptors (Lipinski definition) is 4. The van der Waals surface area contributed by atoms with Crippen molar-refractivity contribution in [2.75, 3.05) is 0 Å². The Morgan fingerprint density at radius 2 is 2.06 bits per heavy atom. The average molecular weight is 309 g/mol. The van der Waals surface area contributed by atoms with Crippen LogP contribution in [0.2, 0.25) is 0 Å². The quantitative estimate of drug-likeness (QED) is 0.560. The zero-order valence-corrected chi connectivity index (χ0v) is 10.6. The normalized spacial score (nSPS) is 11.4. The molecule has 0 heterocycles. The minimum Gasteiger partial charge on any atom is -0.478 e. The van der Waals surface area contributed by atoms with Gasteiger partial charge in [0.1, 0.15) is 0 Å². The van der Waals surface area contributed by atoms with Crippen LogP contribution in [0, 0.1) is 6.92 Å². The highest BCUT2D eigenvalue weighted by Crippen LogP contribution is 2.25. The van der Waals surface area contributed by atoms with Gasteiger partial charge in [0.25, 0.3) is 10.0 Å². The second-order valence-electron chi connectivity index (χ2n) is 3.01. The molecule has 1 aromatic rings. The van der Waals surface area contributed by atoms with Gasteiger partial charge in [-0.25, -0.2) is 13.2 Å². The standard InChI is InChI=1S/C8H9BrN2O4S/c1-4-6(9)2-5(8(12)13)3-7(4)16(14,15)11-10/h2-3,11H,10H2,1H3,(H,12,13). The van der Waals surface area contributed by atoms with Crippen molar-refractivity contribution in [3.8, 4) is 0 Å². The van der Waals surface area contributed by atoms with Crippen LogP contribution in [0.1, 0.15) is 15.9 Å². The lowest BCUT2D eigenvalue weighted by atomic mass is 10.1. The van der Waals surface area contributed by atoms with Crippen LogP contribution < -0.4 is 10.7 Å². The lowest BCUT2D eigenvalue weighted by Gasteiger charge is -2.09. The zero-order valence-electron chi connectivity index (χ0n) is 8.19. The van der Waals surface area contributed by atoms with E-state index in [0.29, 0.717) is 10.0 Å². The first-order valence-corrected chi connectivity index (χ1v) is 6.33. The van der Waals surface area contributed by atoms with Crippen molar-refractivity contribution < 1.29 is 18.3 Å². The minimum absolute atomic E-state index is 0.133. The Kier molecular flexibility index (Phi) is 3.68. The molecular weight excluding hydrogens is 300 g/mol. The van der Waals surface area contributed by atoms with Crippen molar-refractivity contribution in [3.63, 3.8) is 0 Å². The smallest absolute Gasteiger partial charge is 0.335 e. The Morgan fingerprint density at radius 3 is 2.50 bits per heavy atom. The molecule has 6 nitrogen and oxygen atoms in total. The Hall–Kier alpha value is -0.960. The summed E-state index contributed by atoms with van der Waals surface area (Å²) in [4.78, 5) is 12.2. The van der Waals surface area contributed by atoms with Gasteiger partial charge >= 0.3 is 5.97 Å². The average Bonchev–Trinajstić information content (AvgIpc) is 2.21. The van der Waals surface area contributed by atoms with E-state index in [0.717, 1.165) is 6.07 Å². The summed E-state index contributed by atoms with van der Waals surface area (Å²) in [5.41, 5.74) is 0.259. The lowest BCUT2D eigenvalue weighted by Crippen LogP contribution is -2.31. The van der Waals surface area contributed by atoms with Gasteiger partial charge in [-0.3, -0.25) is 5.84 Å². The molecule has 0 atom stereocenters. The maximum Gasteiger partial charge on any atom is 0.335 e. The second kappa shape index (κ2) is 4.50. The summed E-state index contributed by atoms with van der Waals surface area (Å²) in [5, 5.41) is 8.80. The number of hydrazine groups is 1. The molecule has 0 aliphatic carbocycles. The van der Waals surface area contributed by atoms with Gasteiger partial charge < -0.3 is 5.11 Å². The number of rotatable bonds is 3. The minimum atomic E-state index is -3.87. The molecule has 4 N–H and O–H groups in total. The molecule has 0 radical (unpaired) electrons. The maximum atomic E-state index is 11.5. The molecule has 0 saturated carbocycles. The predicted octanol–water partition coefficient (Wildman–Crippen LogP) is 0.608. The summed E-state index contributed by atoms with van der Waals surface area (Å²) in [6.07, 6.45) is 0. The van der Waals surface area contributed by atoms with Gasteiger partial charge in [-0.15, -0.1) is 0 Å². The molecule has 88 valence electrons. The second-order valence-corrected chi connectivity index (χ2v) is 5.54. The SMILES string of the molecule is Cc1c(Br)cc(C(=O)O)cc1S(=O)(=O)NN. The Morgan fingerprint density at radius 1 is 1.50 bits per heavy atom. The molecule has 0 unspecified atom stereocenters. The number of carboxylic acid groups (broad SMARTS) is 1. The number of carbonyl (C=O) groups is 1. The zero-order chi connectivity index (χ0) is 12.5. The van der Waals surface area contributed by atoms with Crippen LogP contribution in [0.5, 0.6) is 0 Å². The van der Waals surface area contributed by atoms with Crippen molar-refractivity contribution in [2.45, 2.75) is 11.8 Å². The fraction of sp³-hybridized carbons (Fsp3) is 0.125. The topological polar surface area (TPSA) is 109 Å². The summed E-state index contributed by atoms with van der Waals surface area (Å²) in [6.45, 7) is 1.54. The third-order valence-electron chi connectivity index (χ3n) is 1.99. The van der Waals surface area contributed by atoms with Gasteiger partial charge in [0.05, 0.1) is 10.5 Å². The molecule has 1 aromatic carbocycles. The molecule has 1 rings (SSSR count). The van der Waals surface area contributed by atoms with Crippen LogP contribution in [0.25, 0.3) is 0 Å². The van der Waals surface area contributed by atoms with E-state index in [2.05, 4.69) is 15.9 Å². The van der Waals surface area contributed by atoms with E-state index >= 15 is 0 Å². The third-order valence-corrected chi connectivity index (χ3v) is 4.13. The molecule has 0 saturated heterocycles. The van der Waals surface area contributed by atoms with E-state index in [9.17, 15) is 13.2 Å². The van der Waals surface area contributed by atoms with E-state index in [-0.39, 0.29) is 10.5 Å². The van der Waals surface area contributed by atoms with Crippen molar-refractivity contribution >= 4 is 31.9 Å². The lowest BCUT2D eigenvalue weighted by molar-refractivity contribution is 0.0696. The highest BCUT2D eigenvalue weighted by molar-refractivity contribution is 9.10. The Bertz CT molecular complexity index is 541. The monoisotopic (exact) mass is 308 g/mol. The number of nitrogens with two attached hydrogens (primary N) is 1. The van der Waals surface area contributed by atoms with Crippen LogP contribution >= 0.6 is 15.9 Å². The van der Waals surface area contributed by atoms with Gasteiger partial charge in [-0.2, -0.15) is 4.83 Å². The van der Waals surface area contributed by atoms with Crippen molar-refractivity contribution in [2.24, 2.45) is 5.84 Å². The first-order chi connectivity index (χ1) is 7.29. The highest BCUT2D eigenvalue weighted by Gasteiger charge is 2.19. The number of benzene rings is 1. The number of halogens is 1. The molecular formula is C8H9BrN2O4S. The van der Waals surface area contributed by atoms with Gasteiger partial charge in [0, 0.05) is 4.47 Å². The maximum absolute atomic E-state index is 11.5. The van der Waals surface area contributed by atoms with Crippen molar-refractivity contribution in [1.29, 1.82) is 0 Å².